The Kier molecular flexibility index (Phi) is 6.19. The Balaban J connectivity index is 1.69. The first-order valence-corrected chi connectivity index (χ1v) is 11.7. The summed E-state index contributed by atoms with van der Waals surface area (Å²) in [6.45, 7) is 6.17. The van der Waals surface area contributed by atoms with E-state index in [0.29, 0.717) is 29.1 Å². The van der Waals surface area contributed by atoms with Gasteiger partial charge in [0.25, 0.3) is 0 Å². The highest BCUT2D eigenvalue weighted by atomic mass is 16.3. The molecule has 1 atom stereocenters. The van der Waals surface area contributed by atoms with Crippen LogP contribution in [-0.2, 0) is 5.41 Å². The van der Waals surface area contributed by atoms with Crippen LogP contribution in [0.1, 0.15) is 72.8 Å². The largest absolute Gasteiger partial charge is 0.508 e. The number of hydrogen-bond donors (Lipinski definition) is 3. The highest BCUT2D eigenvalue weighted by Gasteiger charge is 2.40. The summed E-state index contributed by atoms with van der Waals surface area (Å²) in [4.78, 5) is 0. The third-order valence-electron chi connectivity index (χ3n) is 7.71. The number of rotatable bonds is 5. The van der Waals surface area contributed by atoms with Gasteiger partial charge in [0.05, 0.1) is 0 Å². The molecule has 0 aliphatic heterocycles. The van der Waals surface area contributed by atoms with Gasteiger partial charge in [-0.1, -0.05) is 43.3 Å². The van der Waals surface area contributed by atoms with Crippen LogP contribution in [0.5, 0.6) is 17.2 Å². The second-order valence-electron chi connectivity index (χ2n) is 9.53. The Morgan fingerprint density at radius 1 is 0.781 bits per heavy atom. The molecule has 3 aromatic rings. The molecule has 0 aromatic heterocycles. The van der Waals surface area contributed by atoms with E-state index in [1.54, 1.807) is 12.1 Å². The topological polar surface area (TPSA) is 60.7 Å². The lowest BCUT2D eigenvalue weighted by Crippen LogP contribution is -2.34. The molecule has 0 bridgehead atoms. The smallest absolute Gasteiger partial charge is 0.118 e. The summed E-state index contributed by atoms with van der Waals surface area (Å²) in [5.74, 6) is 2.05. The van der Waals surface area contributed by atoms with Gasteiger partial charge in [0.2, 0.25) is 0 Å². The van der Waals surface area contributed by atoms with Gasteiger partial charge in [0, 0.05) is 5.41 Å². The van der Waals surface area contributed by atoms with Gasteiger partial charge >= 0.3 is 0 Å². The van der Waals surface area contributed by atoms with Crippen LogP contribution < -0.4 is 0 Å². The molecule has 3 aromatic carbocycles. The first-order valence-electron chi connectivity index (χ1n) is 11.7. The molecule has 3 N–H and O–H groups in total. The van der Waals surface area contributed by atoms with Gasteiger partial charge in [-0.3, -0.25) is 0 Å². The number of benzene rings is 3. The number of phenolic OH excluding ortho intramolecular Hbond substituents is 3. The van der Waals surface area contributed by atoms with Crippen molar-refractivity contribution in [3.8, 4) is 17.2 Å². The van der Waals surface area contributed by atoms with Crippen molar-refractivity contribution in [3.63, 3.8) is 0 Å². The standard InChI is InChI=1S/C29H34O3/c1-4-26(21-5-9-25(30)10-6-21)22-13-15-29(16-14-22,23-7-11-27(31)19(2)17-23)24-8-12-28(32)20(3)18-24/h5-12,17-18,22,26,30-32H,4,13-16H2,1-3H3. The van der Waals surface area contributed by atoms with Gasteiger partial charge in [-0.05, 0) is 110 Å². The molecule has 1 aliphatic carbocycles. The molecule has 168 valence electrons. The second-order valence-corrected chi connectivity index (χ2v) is 9.53. The van der Waals surface area contributed by atoms with Gasteiger partial charge in [-0.25, -0.2) is 0 Å². The number of phenols is 3. The van der Waals surface area contributed by atoms with E-state index in [1.807, 2.05) is 26.0 Å². The summed E-state index contributed by atoms with van der Waals surface area (Å²) in [7, 11) is 0. The second kappa shape index (κ2) is 8.90. The first kappa shape index (κ1) is 22.3. The van der Waals surface area contributed by atoms with Crippen molar-refractivity contribution in [2.75, 3.05) is 0 Å². The van der Waals surface area contributed by atoms with E-state index in [1.165, 1.54) is 16.7 Å². The number of aromatic hydroxyl groups is 3. The molecule has 32 heavy (non-hydrogen) atoms. The van der Waals surface area contributed by atoms with Crippen LogP contribution in [0.25, 0.3) is 0 Å². The zero-order chi connectivity index (χ0) is 22.9. The Morgan fingerprint density at radius 3 is 1.72 bits per heavy atom. The summed E-state index contributed by atoms with van der Waals surface area (Å²) in [5, 5.41) is 29.9. The molecule has 1 fully saturated rings. The van der Waals surface area contributed by atoms with Crippen molar-refractivity contribution >= 4 is 0 Å². The number of aryl methyl sites for hydroxylation is 2. The molecule has 3 nitrogen and oxygen atoms in total. The van der Waals surface area contributed by atoms with Gasteiger partial charge in [0.1, 0.15) is 17.2 Å². The Hall–Kier alpha value is -2.94. The third-order valence-corrected chi connectivity index (χ3v) is 7.71. The predicted molar refractivity (Wildman–Crippen MR) is 130 cm³/mol. The fourth-order valence-corrected chi connectivity index (χ4v) is 5.75. The van der Waals surface area contributed by atoms with E-state index in [2.05, 4.69) is 43.3 Å². The maximum atomic E-state index is 10.1. The minimum atomic E-state index is -0.124. The molecular formula is C29H34O3. The summed E-state index contributed by atoms with van der Waals surface area (Å²) in [6.07, 6.45) is 5.36. The predicted octanol–water partition coefficient (Wildman–Crippen LogP) is 7.09. The van der Waals surface area contributed by atoms with Gasteiger partial charge in [-0.2, -0.15) is 0 Å². The molecule has 1 unspecified atom stereocenters. The minimum absolute atomic E-state index is 0.124. The summed E-state index contributed by atoms with van der Waals surface area (Å²) >= 11 is 0. The van der Waals surface area contributed by atoms with Crippen LogP contribution in [0.15, 0.2) is 60.7 Å². The van der Waals surface area contributed by atoms with Crippen LogP contribution in [-0.4, -0.2) is 15.3 Å². The van der Waals surface area contributed by atoms with E-state index in [0.717, 1.165) is 43.2 Å². The van der Waals surface area contributed by atoms with Crippen molar-refractivity contribution in [1.29, 1.82) is 0 Å². The Bertz CT molecular complexity index is 1020. The quantitative estimate of drug-likeness (QED) is 0.405. The van der Waals surface area contributed by atoms with Crippen LogP contribution in [0.3, 0.4) is 0 Å². The van der Waals surface area contributed by atoms with Gasteiger partial charge < -0.3 is 15.3 Å². The average Bonchev–Trinajstić information content (AvgIpc) is 2.80. The van der Waals surface area contributed by atoms with Crippen molar-refractivity contribution < 1.29 is 15.3 Å². The van der Waals surface area contributed by atoms with E-state index in [9.17, 15) is 15.3 Å². The molecule has 4 rings (SSSR count). The third kappa shape index (κ3) is 4.09. The van der Waals surface area contributed by atoms with Crippen LogP contribution in [0.2, 0.25) is 0 Å². The Labute approximate surface area is 191 Å². The van der Waals surface area contributed by atoms with E-state index in [-0.39, 0.29) is 5.41 Å². The molecule has 3 heteroatoms. The van der Waals surface area contributed by atoms with Crippen molar-refractivity contribution in [2.45, 2.75) is 64.2 Å². The summed E-state index contributed by atoms with van der Waals surface area (Å²) in [6, 6.07) is 19.8. The molecular weight excluding hydrogens is 396 g/mol. The fraction of sp³-hybridized carbons (Fsp3) is 0.379. The lowest BCUT2D eigenvalue weighted by Gasteiger charge is -2.44. The lowest BCUT2D eigenvalue weighted by molar-refractivity contribution is 0.231. The summed E-state index contributed by atoms with van der Waals surface area (Å²) < 4.78 is 0. The molecule has 1 saturated carbocycles. The number of hydrogen-bond acceptors (Lipinski definition) is 3. The molecule has 0 amide bonds. The van der Waals surface area contributed by atoms with Gasteiger partial charge in [0.15, 0.2) is 0 Å². The van der Waals surface area contributed by atoms with E-state index in [4.69, 9.17) is 0 Å². The monoisotopic (exact) mass is 430 g/mol. The van der Waals surface area contributed by atoms with E-state index < -0.39 is 0 Å². The van der Waals surface area contributed by atoms with Crippen molar-refractivity contribution in [3.05, 3.63) is 88.5 Å². The molecule has 0 spiro atoms. The molecule has 1 aliphatic rings. The van der Waals surface area contributed by atoms with Crippen molar-refractivity contribution in [1.82, 2.24) is 0 Å². The lowest BCUT2D eigenvalue weighted by atomic mass is 9.60. The van der Waals surface area contributed by atoms with Crippen LogP contribution >= 0.6 is 0 Å². The SMILES string of the molecule is CCC(c1ccc(O)cc1)C1CCC(c2ccc(O)c(C)c2)(c2ccc(O)c(C)c2)CC1. The normalized spacial score (nSPS) is 17.2. The highest BCUT2D eigenvalue weighted by molar-refractivity contribution is 5.48. The van der Waals surface area contributed by atoms with E-state index >= 15 is 0 Å². The summed E-state index contributed by atoms with van der Waals surface area (Å²) in [5.41, 5.74) is 5.47. The minimum Gasteiger partial charge on any atom is -0.508 e. The maximum Gasteiger partial charge on any atom is 0.118 e. The Morgan fingerprint density at radius 2 is 1.28 bits per heavy atom. The average molecular weight is 431 g/mol. The van der Waals surface area contributed by atoms with Crippen LogP contribution in [0.4, 0.5) is 0 Å². The molecule has 0 saturated heterocycles. The fourth-order valence-electron chi connectivity index (χ4n) is 5.75. The van der Waals surface area contributed by atoms with Crippen LogP contribution in [0, 0.1) is 19.8 Å². The van der Waals surface area contributed by atoms with Gasteiger partial charge in [-0.15, -0.1) is 0 Å². The maximum absolute atomic E-state index is 10.1. The first-order chi connectivity index (χ1) is 15.3. The zero-order valence-electron chi connectivity index (χ0n) is 19.3. The molecule has 0 radical (unpaired) electrons. The molecule has 0 heterocycles. The zero-order valence-corrected chi connectivity index (χ0v) is 19.3. The highest BCUT2D eigenvalue weighted by Crippen LogP contribution is 2.51. The van der Waals surface area contributed by atoms with Crippen molar-refractivity contribution in [2.24, 2.45) is 5.92 Å².